The highest BCUT2D eigenvalue weighted by molar-refractivity contribution is 6.03. The molecule has 7 rings (SSSR count). The van der Waals surface area contributed by atoms with E-state index in [0.29, 0.717) is 34.6 Å². The lowest BCUT2D eigenvalue weighted by molar-refractivity contribution is -0.159. The molecule has 0 spiro atoms. The van der Waals surface area contributed by atoms with Crippen LogP contribution in [0.25, 0.3) is 0 Å². The molecule has 36 heavy (non-hydrogen) atoms. The fourth-order valence-electron chi connectivity index (χ4n) is 8.00. The molecule has 1 heterocycles. The van der Waals surface area contributed by atoms with Crippen LogP contribution in [0.2, 0.25) is 0 Å². The van der Waals surface area contributed by atoms with Crippen LogP contribution >= 0.6 is 0 Å². The number of rotatable bonds is 5. The third-order valence-corrected chi connectivity index (χ3v) is 8.93. The van der Waals surface area contributed by atoms with Crippen LogP contribution in [0.3, 0.4) is 0 Å². The van der Waals surface area contributed by atoms with Crippen molar-refractivity contribution in [3.8, 4) is 0 Å². The predicted octanol–water partition coefficient (Wildman–Crippen LogP) is 5.79. The molecule has 4 bridgehead atoms. The summed E-state index contributed by atoms with van der Waals surface area (Å²) in [7, 11) is 0. The van der Waals surface area contributed by atoms with Gasteiger partial charge in [0.2, 0.25) is 0 Å². The zero-order valence-electron chi connectivity index (χ0n) is 19.9. The highest BCUT2D eigenvalue weighted by Crippen LogP contribution is 2.62. The number of alkyl halides is 3. The van der Waals surface area contributed by atoms with Crippen LogP contribution in [0.15, 0.2) is 48.5 Å². The summed E-state index contributed by atoms with van der Waals surface area (Å²) in [6, 6.07) is 11.2. The van der Waals surface area contributed by atoms with Crippen LogP contribution < -0.4 is 4.90 Å². The summed E-state index contributed by atoms with van der Waals surface area (Å²) in [6.07, 6.45) is 1.64. The molecule has 1 amide bonds. The van der Waals surface area contributed by atoms with Gasteiger partial charge < -0.3 is 14.9 Å². The molecule has 0 radical (unpaired) electrons. The van der Waals surface area contributed by atoms with Gasteiger partial charge in [0.1, 0.15) is 6.04 Å². The number of fused-ring (bicyclic) bond motifs is 1. The highest BCUT2D eigenvalue weighted by atomic mass is 19.4. The first-order valence-corrected chi connectivity index (χ1v) is 12.7. The first-order valence-electron chi connectivity index (χ1n) is 12.7. The van der Waals surface area contributed by atoms with E-state index in [1.54, 1.807) is 12.1 Å². The Morgan fingerprint density at radius 2 is 1.56 bits per heavy atom. The minimum absolute atomic E-state index is 0.0928. The fraction of sp³-hybridized carbons (Fsp3) is 0.500. The van der Waals surface area contributed by atoms with Crippen molar-refractivity contribution in [3.05, 3.63) is 65.2 Å². The van der Waals surface area contributed by atoms with Crippen molar-refractivity contribution < 1.29 is 27.9 Å². The van der Waals surface area contributed by atoms with Gasteiger partial charge in [-0.2, -0.15) is 13.2 Å². The summed E-state index contributed by atoms with van der Waals surface area (Å²) in [5.41, 5.74) is 0.645. The molecule has 190 valence electrons. The number of nitrogens with zero attached hydrogens (tertiary/aromatic N) is 2. The number of amides is 1. The molecule has 0 aromatic heterocycles. The zero-order chi connectivity index (χ0) is 25.2. The summed E-state index contributed by atoms with van der Waals surface area (Å²) in [6.45, 7) is 0.363. The van der Waals surface area contributed by atoms with E-state index in [4.69, 9.17) is 0 Å². The number of halogens is 3. The van der Waals surface area contributed by atoms with Crippen molar-refractivity contribution in [3.63, 3.8) is 0 Å². The molecular formula is C28H29F3N2O3. The van der Waals surface area contributed by atoms with Crippen molar-refractivity contribution in [1.29, 1.82) is 0 Å². The molecule has 1 aliphatic heterocycles. The lowest BCUT2D eigenvalue weighted by Crippen LogP contribution is -2.63. The van der Waals surface area contributed by atoms with Gasteiger partial charge in [-0.15, -0.1) is 0 Å². The van der Waals surface area contributed by atoms with Gasteiger partial charge in [-0.3, -0.25) is 4.79 Å². The average molecular weight is 499 g/mol. The smallest absolute Gasteiger partial charge is 0.416 e. The highest BCUT2D eigenvalue weighted by Gasteiger charge is 2.59. The minimum atomic E-state index is -4.41. The lowest BCUT2D eigenvalue weighted by atomic mass is 9.47. The number of carbonyl (C=O) groups is 2. The quantitative estimate of drug-likeness (QED) is 0.567. The normalized spacial score (nSPS) is 29.9. The Morgan fingerprint density at radius 3 is 2.11 bits per heavy atom. The second-order valence-corrected chi connectivity index (χ2v) is 11.3. The van der Waals surface area contributed by atoms with E-state index >= 15 is 0 Å². The standard InChI is InChI=1S/C28H29F3N2O3/c29-28(30,31)21-7-5-17(6-8-21)15-32-16-33(25(34)22-3-1-2-4-23(22)32)24(26(35)36)27-12-18-9-19(13-27)11-20(10-18)14-27/h1-8,18-20,24H,9-16H2,(H,35,36)/t18?,19?,20?,24-,27?/m1/s1. The summed E-state index contributed by atoms with van der Waals surface area (Å²) >= 11 is 0. The maximum absolute atomic E-state index is 13.7. The largest absolute Gasteiger partial charge is 0.480 e. The van der Waals surface area contributed by atoms with Gasteiger partial charge in [-0.25, -0.2) is 4.79 Å². The molecule has 2 aromatic rings. The molecular weight excluding hydrogens is 469 g/mol. The van der Waals surface area contributed by atoms with E-state index in [1.807, 2.05) is 17.0 Å². The monoisotopic (exact) mass is 498 g/mol. The molecule has 8 heteroatoms. The Labute approximate surface area is 207 Å². The van der Waals surface area contributed by atoms with Crippen molar-refractivity contribution in [2.45, 2.75) is 57.3 Å². The topological polar surface area (TPSA) is 60.9 Å². The van der Waals surface area contributed by atoms with E-state index < -0.39 is 29.2 Å². The van der Waals surface area contributed by atoms with Gasteiger partial charge in [-0.05, 0) is 86.1 Å². The molecule has 0 saturated heterocycles. The van der Waals surface area contributed by atoms with Crippen LogP contribution in [0.5, 0.6) is 0 Å². The molecule has 5 aliphatic rings. The number of carboxylic acid groups (broad SMARTS) is 1. The van der Waals surface area contributed by atoms with E-state index in [0.717, 1.165) is 31.4 Å². The van der Waals surface area contributed by atoms with Crippen molar-refractivity contribution in [2.24, 2.45) is 23.2 Å². The summed E-state index contributed by atoms with van der Waals surface area (Å²) in [5, 5.41) is 10.5. The van der Waals surface area contributed by atoms with E-state index in [2.05, 4.69) is 0 Å². The van der Waals surface area contributed by atoms with Crippen LogP contribution in [0, 0.1) is 23.2 Å². The van der Waals surface area contributed by atoms with Gasteiger partial charge in [0.25, 0.3) is 5.91 Å². The van der Waals surface area contributed by atoms with E-state index in [9.17, 15) is 27.9 Å². The van der Waals surface area contributed by atoms with Crippen molar-refractivity contribution in [2.75, 3.05) is 11.6 Å². The van der Waals surface area contributed by atoms with Crippen molar-refractivity contribution >= 4 is 17.6 Å². The summed E-state index contributed by atoms with van der Waals surface area (Å²) < 4.78 is 39.1. The summed E-state index contributed by atoms with van der Waals surface area (Å²) in [4.78, 5) is 30.0. The average Bonchev–Trinajstić information content (AvgIpc) is 2.80. The zero-order valence-corrected chi connectivity index (χ0v) is 19.9. The van der Waals surface area contributed by atoms with Crippen molar-refractivity contribution in [1.82, 2.24) is 4.90 Å². The SMILES string of the molecule is O=C(O)[C@@H](N1CN(Cc2ccc(C(F)(F)F)cc2)c2ccccc2C1=O)C12CC3CC(CC(C3)C1)C2. The Morgan fingerprint density at radius 1 is 0.972 bits per heavy atom. The Kier molecular flexibility index (Phi) is 5.36. The fourth-order valence-corrected chi connectivity index (χ4v) is 8.00. The molecule has 1 atom stereocenters. The molecule has 2 aromatic carbocycles. The first kappa shape index (κ1) is 23.4. The van der Waals surface area contributed by atoms with Crippen LogP contribution in [0.4, 0.5) is 18.9 Å². The molecule has 4 aliphatic carbocycles. The first-order chi connectivity index (χ1) is 17.1. The molecule has 5 nitrogen and oxygen atoms in total. The number of carboxylic acids is 1. The molecule has 4 saturated carbocycles. The third kappa shape index (κ3) is 3.85. The van der Waals surface area contributed by atoms with Crippen LogP contribution in [0.1, 0.15) is 60.0 Å². The second-order valence-electron chi connectivity index (χ2n) is 11.3. The number of para-hydroxylation sites is 1. The lowest BCUT2D eigenvalue weighted by Gasteiger charge is -2.60. The van der Waals surface area contributed by atoms with E-state index in [-0.39, 0.29) is 19.1 Å². The number of hydrogen-bond acceptors (Lipinski definition) is 3. The maximum atomic E-state index is 13.7. The number of anilines is 1. The van der Waals surface area contributed by atoms with Gasteiger partial charge in [0.15, 0.2) is 0 Å². The van der Waals surface area contributed by atoms with Crippen LogP contribution in [-0.4, -0.2) is 34.6 Å². The number of aliphatic carboxylic acids is 1. The molecule has 1 N–H and O–H groups in total. The Balaban J connectivity index is 1.34. The van der Waals surface area contributed by atoms with Crippen LogP contribution in [-0.2, 0) is 17.5 Å². The van der Waals surface area contributed by atoms with Gasteiger partial charge in [0, 0.05) is 12.0 Å². The summed E-state index contributed by atoms with van der Waals surface area (Å²) in [5.74, 6) is 0.368. The second kappa shape index (κ2) is 8.25. The van der Waals surface area contributed by atoms with E-state index in [1.165, 1.54) is 36.3 Å². The van der Waals surface area contributed by atoms with Gasteiger partial charge >= 0.3 is 12.1 Å². The number of hydrogen-bond donors (Lipinski definition) is 1. The maximum Gasteiger partial charge on any atom is 0.416 e. The molecule has 0 unspecified atom stereocenters. The minimum Gasteiger partial charge on any atom is -0.480 e. The third-order valence-electron chi connectivity index (χ3n) is 8.93. The number of benzene rings is 2. The molecule has 4 fully saturated rings. The predicted molar refractivity (Wildman–Crippen MR) is 127 cm³/mol. The Bertz CT molecular complexity index is 1160. The van der Waals surface area contributed by atoms with Gasteiger partial charge in [0.05, 0.1) is 23.5 Å². The Hall–Kier alpha value is -3.03. The number of carbonyl (C=O) groups excluding carboxylic acids is 1. The van der Waals surface area contributed by atoms with Gasteiger partial charge in [-0.1, -0.05) is 24.3 Å².